The van der Waals surface area contributed by atoms with Crippen LogP contribution < -0.4 is 10.7 Å². The molecule has 2 N–H and O–H groups in total. The Balaban J connectivity index is 1.79. The largest absolute Gasteiger partial charge is 0.350 e. The Labute approximate surface area is 207 Å². The van der Waals surface area contributed by atoms with Gasteiger partial charge >= 0.3 is 0 Å². The van der Waals surface area contributed by atoms with E-state index in [2.05, 4.69) is 34.9 Å². The van der Waals surface area contributed by atoms with E-state index in [0.717, 1.165) is 41.4 Å². The zero-order valence-corrected chi connectivity index (χ0v) is 21.8. The van der Waals surface area contributed by atoms with E-state index in [-0.39, 0.29) is 0 Å². The Bertz CT molecular complexity index is 1260. The maximum Gasteiger partial charge on any atom is 0.243 e. The van der Waals surface area contributed by atoms with Gasteiger partial charge in [0.15, 0.2) is 5.11 Å². The molecule has 182 valence electrons. The Kier molecular flexibility index (Phi) is 8.82. The topological polar surface area (TPSA) is 78.7 Å². The molecule has 1 aromatic heterocycles. The van der Waals surface area contributed by atoms with Crippen LogP contribution >= 0.6 is 12.2 Å². The van der Waals surface area contributed by atoms with Gasteiger partial charge in [0, 0.05) is 48.5 Å². The average molecular weight is 500 g/mol. The number of benzene rings is 2. The predicted molar refractivity (Wildman–Crippen MR) is 145 cm³/mol. The van der Waals surface area contributed by atoms with Crippen LogP contribution in [-0.2, 0) is 23.5 Å². The van der Waals surface area contributed by atoms with Crippen LogP contribution in [0.15, 0.2) is 58.7 Å². The van der Waals surface area contributed by atoms with E-state index in [4.69, 9.17) is 12.2 Å². The second-order valence-corrected chi connectivity index (χ2v) is 10.5. The van der Waals surface area contributed by atoms with Crippen molar-refractivity contribution in [2.45, 2.75) is 44.9 Å². The summed E-state index contributed by atoms with van der Waals surface area (Å²) in [5, 5.41) is 8.56. The molecule has 0 atom stereocenters. The predicted octanol–water partition coefficient (Wildman–Crippen LogP) is 4.87. The minimum absolute atomic E-state index is 0.295. The third kappa shape index (κ3) is 6.02. The normalized spacial score (nSPS) is 12.0. The summed E-state index contributed by atoms with van der Waals surface area (Å²) >= 11 is 5.34. The van der Waals surface area contributed by atoms with Gasteiger partial charge in [0.05, 0.1) is 11.1 Å². The Morgan fingerprint density at radius 1 is 1.09 bits per heavy atom. The fourth-order valence-corrected chi connectivity index (χ4v) is 5.63. The van der Waals surface area contributed by atoms with Gasteiger partial charge < -0.3 is 9.88 Å². The first-order chi connectivity index (χ1) is 16.3. The van der Waals surface area contributed by atoms with Crippen LogP contribution in [0, 0.1) is 0 Å². The van der Waals surface area contributed by atoms with Crippen LogP contribution in [0.1, 0.15) is 44.7 Å². The Hall–Kier alpha value is -2.75. The summed E-state index contributed by atoms with van der Waals surface area (Å²) in [4.78, 5) is 0.295. The van der Waals surface area contributed by atoms with Crippen molar-refractivity contribution >= 4 is 50.2 Å². The highest BCUT2D eigenvalue weighted by molar-refractivity contribution is 7.89. The van der Waals surface area contributed by atoms with Gasteiger partial charge in [0.2, 0.25) is 10.0 Å². The van der Waals surface area contributed by atoms with Gasteiger partial charge in [-0.3, -0.25) is 5.43 Å². The molecule has 0 saturated carbocycles. The highest BCUT2D eigenvalue weighted by Crippen LogP contribution is 2.25. The van der Waals surface area contributed by atoms with Crippen LogP contribution in [-0.4, -0.2) is 41.7 Å². The van der Waals surface area contributed by atoms with E-state index in [1.54, 1.807) is 22.7 Å². The number of anilines is 1. The summed E-state index contributed by atoms with van der Waals surface area (Å²) in [6.07, 6.45) is 6.10. The average Bonchev–Trinajstić information content (AvgIpc) is 3.14. The summed E-state index contributed by atoms with van der Waals surface area (Å²) in [5.41, 5.74) is 6.70. The number of hydrogen-bond acceptors (Lipinski definition) is 4. The molecule has 0 saturated heterocycles. The fraction of sp³-hybridized carbons (Fsp3) is 0.360. The third-order valence-electron chi connectivity index (χ3n) is 5.57. The summed E-state index contributed by atoms with van der Waals surface area (Å²) in [7, 11) is -1.64. The lowest BCUT2D eigenvalue weighted by Gasteiger charge is -2.21. The zero-order valence-electron chi connectivity index (χ0n) is 20.2. The van der Waals surface area contributed by atoms with E-state index >= 15 is 0 Å². The van der Waals surface area contributed by atoms with Crippen LogP contribution in [0.5, 0.6) is 0 Å². The van der Waals surface area contributed by atoms with Crippen LogP contribution in [0.4, 0.5) is 5.69 Å². The number of rotatable bonds is 10. The lowest BCUT2D eigenvalue weighted by Crippen LogP contribution is -2.32. The molecule has 0 aliphatic carbocycles. The first kappa shape index (κ1) is 25.9. The van der Waals surface area contributed by atoms with Crippen molar-refractivity contribution in [2.75, 3.05) is 18.4 Å². The number of nitrogens with zero attached hydrogens (tertiary/aromatic N) is 3. The number of thiocarbonyl (C=S) groups is 1. The van der Waals surface area contributed by atoms with E-state index in [1.165, 1.54) is 5.56 Å². The molecule has 0 bridgehead atoms. The van der Waals surface area contributed by atoms with Crippen LogP contribution in [0.2, 0.25) is 0 Å². The molecule has 1 heterocycles. The van der Waals surface area contributed by atoms with E-state index in [1.807, 2.05) is 49.9 Å². The van der Waals surface area contributed by atoms with Crippen LogP contribution in [0.3, 0.4) is 0 Å². The summed E-state index contributed by atoms with van der Waals surface area (Å²) < 4.78 is 30.0. The van der Waals surface area contributed by atoms with Gasteiger partial charge in [0.25, 0.3) is 0 Å². The van der Waals surface area contributed by atoms with Crippen LogP contribution in [0.25, 0.3) is 10.9 Å². The number of hydrogen-bond donors (Lipinski definition) is 2. The van der Waals surface area contributed by atoms with Gasteiger partial charge in [-0.15, -0.1) is 0 Å². The third-order valence-corrected chi connectivity index (χ3v) is 7.65. The van der Waals surface area contributed by atoms with Crippen molar-refractivity contribution in [3.8, 4) is 0 Å². The second-order valence-electron chi connectivity index (χ2n) is 8.15. The fourth-order valence-electron chi connectivity index (χ4n) is 3.81. The van der Waals surface area contributed by atoms with E-state index in [9.17, 15) is 8.42 Å². The van der Waals surface area contributed by atoms with Gasteiger partial charge in [0.1, 0.15) is 0 Å². The van der Waals surface area contributed by atoms with Crippen molar-refractivity contribution in [3.05, 3.63) is 59.8 Å². The first-order valence-corrected chi connectivity index (χ1v) is 13.4. The summed E-state index contributed by atoms with van der Waals surface area (Å²) in [6, 6.07) is 13.3. The molecule has 0 aliphatic rings. The lowest BCUT2D eigenvalue weighted by atomic mass is 10.1. The van der Waals surface area contributed by atoms with Crippen molar-refractivity contribution in [2.24, 2.45) is 12.1 Å². The SMILES string of the molecule is CCCN(CCC)S(=O)(=O)c1ccc2c(c1)c(/C=N/NC(=S)Nc1ccc(CC)cc1)cn2C. The quantitative estimate of drug-likeness (QED) is 0.236. The first-order valence-electron chi connectivity index (χ1n) is 11.6. The van der Waals surface area contributed by atoms with Gasteiger partial charge in [-0.1, -0.05) is 32.9 Å². The summed E-state index contributed by atoms with van der Waals surface area (Å²) in [6.45, 7) is 7.10. The van der Waals surface area contributed by atoms with E-state index in [0.29, 0.717) is 23.1 Å². The molecule has 3 aromatic rings. The number of aryl methyl sites for hydroxylation is 2. The monoisotopic (exact) mass is 499 g/mol. The molecule has 0 fully saturated rings. The van der Waals surface area contributed by atoms with Gasteiger partial charge in [-0.25, -0.2) is 8.42 Å². The molecule has 9 heteroatoms. The van der Waals surface area contributed by atoms with Crippen molar-refractivity contribution < 1.29 is 8.42 Å². The molecular formula is C25H33N5O2S2. The van der Waals surface area contributed by atoms with Crippen molar-refractivity contribution in [1.82, 2.24) is 14.3 Å². The number of nitrogens with one attached hydrogen (secondary N) is 2. The summed E-state index contributed by atoms with van der Waals surface area (Å²) in [5.74, 6) is 0. The minimum atomic E-state index is -3.56. The molecular weight excluding hydrogens is 466 g/mol. The smallest absolute Gasteiger partial charge is 0.243 e. The highest BCUT2D eigenvalue weighted by atomic mass is 32.2. The van der Waals surface area contributed by atoms with E-state index < -0.39 is 10.0 Å². The van der Waals surface area contributed by atoms with Crippen molar-refractivity contribution in [3.63, 3.8) is 0 Å². The molecule has 0 radical (unpaired) electrons. The number of sulfonamides is 1. The number of hydrazone groups is 1. The lowest BCUT2D eigenvalue weighted by molar-refractivity contribution is 0.410. The molecule has 7 nitrogen and oxygen atoms in total. The molecule has 0 unspecified atom stereocenters. The molecule has 3 rings (SSSR count). The minimum Gasteiger partial charge on any atom is -0.350 e. The molecule has 0 aliphatic heterocycles. The number of fused-ring (bicyclic) bond motifs is 1. The molecule has 0 amide bonds. The van der Waals surface area contributed by atoms with Gasteiger partial charge in [-0.05, 0) is 67.4 Å². The highest BCUT2D eigenvalue weighted by Gasteiger charge is 2.24. The Morgan fingerprint density at radius 3 is 2.38 bits per heavy atom. The molecule has 0 spiro atoms. The molecule has 2 aromatic carbocycles. The maximum atomic E-state index is 13.2. The van der Waals surface area contributed by atoms with Crippen molar-refractivity contribution in [1.29, 1.82) is 0 Å². The second kappa shape index (κ2) is 11.6. The zero-order chi connectivity index (χ0) is 24.7. The molecule has 34 heavy (non-hydrogen) atoms. The number of aromatic nitrogens is 1. The van der Waals surface area contributed by atoms with Gasteiger partial charge in [-0.2, -0.15) is 9.41 Å². The Morgan fingerprint density at radius 2 is 1.76 bits per heavy atom. The maximum absolute atomic E-state index is 13.2. The standard InChI is InChI=1S/C25H33N5O2S2/c1-5-14-30(15-6-2)34(31,32)22-12-13-24-23(16-22)20(18-29(24)4)17-26-28-25(33)27-21-10-8-19(7-3)9-11-21/h8-13,16-18H,5-7,14-15H2,1-4H3,(H2,27,28,33)/b26-17+.